The Labute approximate surface area is 302 Å². The standard InChI is InChI=1S/C44H45N3O4/c1-7-11-24-43(22-9-3)36-29-33(5)13-17-38(36)46(26-21-42(49)50)40(43)19-15-35(31-45)16-20-41-44(23-10-4,25-12-8-2)37-30-34(6)14-18-39(37)47(41)27-28-51-32-48/h9-10,13-20,29-30,32H,3-4,21-28H2,1-2,5-6H3/p+1. The molecule has 1 N–H and O–H groups in total. The highest BCUT2D eigenvalue weighted by atomic mass is 16.5. The molecule has 2 aliphatic heterocycles. The van der Waals surface area contributed by atoms with Gasteiger partial charge in [-0.2, -0.15) is 9.84 Å². The zero-order valence-corrected chi connectivity index (χ0v) is 30.1. The predicted octanol–water partition coefficient (Wildman–Crippen LogP) is 7.91. The molecule has 0 spiro atoms. The largest absolute Gasteiger partial charge is 0.481 e. The zero-order chi connectivity index (χ0) is 37.0. The van der Waals surface area contributed by atoms with Gasteiger partial charge in [-0.3, -0.25) is 9.59 Å². The number of aryl methyl sites for hydroxylation is 2. The average Bonchev–Trinajstić information content (AvgIpc) is 3.50. The Kier molecular flexibility index (Phi) is 12.8. The molecule has 0 aromatic heterocycles. The van der Waals surface area contributed by atoms with Crippen LogP contribution in [0.5, 0.6) is 0 Å². The van der Waals surface area contributed by atoms with Crippen LogP contribution in [-0.2, 0) is 25.2 Å². The van der Waals surface area contributed by atoms with Crippen LogP contribution in [0.1, 0.15) is 68.2 Å². The Morgan fingerprint density at radius 3 is 2.27 bits per heavy atom. The van der Waals surface area contributed by atoms with Crippen molar-refractivity contribution in [2.24, 2.45) is 0 Å². The van der Waals surface area contributed by atoms with Crippen LogP contribution >= 0.6 is 0 Å². The minimum atomic E-state index is -0.891. The molecule has 0 radical (unpaired) electrons. The first-order chi connectivity index (χ1) is 24.7. The number of anilines is 1. The van der Waals surface area contributed by atoms with Crippen molar-refractivity contribution in [2.45, 2.75) is 70.6 Å². The van der Waals surface area contributed by atoms with Gasteiger partial charge in [0.25, 0.3) is 6.47 Å². The van der Waals surface area contributed by atoms with E-state index >= 15 is 0 Å². The van der Waals surface area contributed by atoms with E-state index in [1.807, 2.05) is 63.3 Å². The Balaban J connectivity index is 1.93. The maximum atomic E-state index is 11.8. The Morgan fingerprint density at radius 1 is 1.00 bits per heavy atom. The van der Waals surface area contributed by atoms with Gasteiger partial charge in [0.1, 0.15) is 18.4 Å². The van der Waals surface area contributed by atoms with Crippen molar-refractivity contribution in [1.82, 2.24) is 0 Å². The number of nitrogens with zero attached hydrogens (tertiary/aromatic N) is 3. The lowest BCUT2D eigenvalue weighted by Gasteiger charge is -2.31. The monoisotopic (exact) mass is 680 g/mol. The first-order valence-electron chi connectivity index (χ1n) is 17.1. The highest BCUT2D eigenvalue weighted by Gasteiger charge is 2.50. The summed E-state index contributed by atoms with van der Waals surface area (Å²) in [6.07, 6.45) is 13.5. The fourth-order valence-corrected chi connectivity index (χ4v) is 7.35. The first-order valence-corrected chi connectivity index (χ1v) is 17.1. The number of fused-ring (bicyclic) bond motifs is 2. The smallest absolute Gasteiger partial charge is 0.309 e. The van der Waals surface area contributed by atoms with Crippen LogP contribution in [0.15, 0.2) is 97.3 Å². The molecule has 2 atom stereocenters. The van der Waals surface area contributed by atoms with E-state index in [-0.39, 0.29) is 19.6 Å². The lowest BCUT2D eigenvalue weighted by molar-refractivity contribution is -0.436. The second-order valence-corrected chi connectivity index (χ2v) is 12.8. The number of nitriles is 1. The van der Waals surface area contributed by atoms with E-state index in [9.17, 15) is 20.0 Å². The molecule has 2 aliphatic rings. The van der Waals surface area contributed by atoms with Gasteiger partial charge in [0.05, 0.1) is 23.6 Å². The van der Waals surface area contributed by atoms with Gasteiger partial charge in [-0.05, 0) is 76.5 Å². The summed E-state index contributed by atoms with van der Waals surface area (Å²) in [6, 6.07) is 14.9. The fraction of sp³-hybridized carbons (Fsp3) is 0.318. The number of rotatable bonds is 16. The van der Waals surface area contributed by atoms with Crippen molar-refractivity contribution >= 4 is 29.5 Å². The van der Waals surface area contributed by atoms with Gasteiger partial charge in [-0.25, -0.2) is 0 Å². The molecule has 260 valence electrons. The molecule has 2 aromatic rings. The van der Waals surface area contributed by atoms with Crippen molar-refractivity contribution < 1.29 is 24.0 Å². The van der Waals surface area contributed by atoms with Gasteiger partial charge >= 0.3 is 5.97 Å². The third-order valence-corrected chi connectivity index (χ3v) is 9.62. The minimum absolute atomic E-state index is 0.0585. The molecule has 0 saturated heterocycles. The molecule has 7 nitrogen and oxygen atoms in total. The summed E-state index contributed by atoms with van der Waals surface area (Å²) >= 11 is 0. The van der Waals surface area contributed by atoms with E-state index < -0.39 is 16.8 Å². The van der Waals surface area contributed by atoms with Gasteiger partial charge in [0, 0.05) is 41.9 Å². The molecule has 0 aliphatic carbocycles. The second kappa shape index (κ2) is 17.2. The normalized spacial score (nSPS) is 19.8. The minimum Gasteiger partial charge on any atom is -0.481 e. The molecular formula is C44H46N3O4+. The Morgan fingerprint density at radius 2 is 1.65 bits per heavy atom. The van der Waals surface area contributed by atoms with Gasteiger partial charge in [0.15, 0.2) is 12.3 Å². The lowest BCUT2D eigenvalue weighted by Crippen LogP contribution is -2.34. The molecule has 2 unspecified atom stereocenters. The molecule has 2 heterocycles. The number of benzene rings is 2. The third kappa shape index (κ3) is 7.82. The van der Waals surface area contributed by atoms with E-state index in [0.29, 0.717) is 44.3 Å². The predicted molar refractivity (Wildman–Crippen MR) is 204 cm³/mol. The van der Waals surface area contributed by atoms with Crippen molar-refractivity contribution in [3.05, 3.63) is 120 Å². The van der Waals surface area contributed by atoms with Crippen LogP contribution < -0.4 is 4.90 Å². The van der Waals surface area contributed by atoms with Crippen molar-refractivity contribution in [1.29, 1.82) is 5.26 Å². The van der Waals surface area contributed by atoms with Crippen LogP contribution in [0, 0.1) is 48.9 Å². The van der Waals surface area contributed by atoms with Crippen molar-refractivity contribution in [3.63, 3.8) is 0 Å². The lowest BCUT2D eigenvalue weighted by atomic mass is 9.72. The van der Waals surface area contributed by atoms with E-state index in [0.717, 1.165) is 45.0 Å². The molecule has 0 bridgehead atoms. The van der Waals surface area contributed by atoms with Crippen LogP contribution in [0.4, 0.5) is 11.4 Å². The maximum Gasteiger partial charge on any atom is 0.309 e. The number of carboxylic acids is 1. The third-order valence-electron chi connectivity index (χ3n) is 9.62. The number of allylic oxidation sites excluding steroid dienone is 8. The van der Waals surface area contributed by atoms with Gasteiger partial charge in [0.2, 0.25) is 5.69 Å². The number of ether oxygens (including phenoxy) is 1. The Hall–Kier alpha value is -5.84. The van der Waals surface area contributed by atoms with Crippen molar-refractivity contribution in [2.75, 3.05) is 24.6 Å². The molecule has 4 rings (SSSR count). The number of hydrogen-bond donors (Lipinski definition) is 1. The SMILES string of the molecule is C=CCC1(CC#CC)C(/C=C/C(C#N)=C/C=C2/N(CCOC=O)c3ccc(C)cc3C2(CC#CC)CC=C)=[N+](CCC(=O)O)c2ccc(C)cc21. The van der Waals surface area contributed by atoms with E-state index in [1.54, 1.807) is 6.08 Å². The maximum absolute atomic E-state index is 11.8. The zero-order valence-electron chi connectivity index (χ0n) is 30.1. The highest BCUT2D eigenvalue weighted by Crippen LogP contribution is 2.52. The summed E-state index contributed by atoms with van der Waals surface area (Å²) in [6.45, 7) is 17.2. The first kappa shape index (κ1) is 38.0. The van der Waals surface area contributed by atoms with Crippen LogP contribution in [0.3, 0.4) is 0 Å². The molecule has 0 fully saturated rings. The average molecular weight is 681 g/mol. The van der Waals surface area contributed by atoms with Crippen LogP contribution in [0.25, 0.3) is 0 Å². The highest BCUT2D eigenvalue weighted by molar-refractivity contribution is 6.04. The number of carbonyl (C=O) groups is 2. The van der Waals surface area contributed by atoms with Crippen molar-refractivity contribution in [3.8, 4) is 29.8 Å². The molecule has 7 heteroatoms. The van der Waals surface area contributed by atoms with Gasteiger partial charge in [-0.1, -0.05) is 41.5 Å². The number of carboxylic acid groups (broad SMARTS) is 1. The fourth-order valence-electron chi connectivity index (χ4n) is 7.35. The Bertz CT molecular complexity index is 2000. The number of carbonyl (C=O) groups excluding carboxylic acids is 1. The second-order valence-electron chi connectivity index (χ2n) is 12.8. The summed E-state index contributed by atoms with van der Waals surface area (Å²) < 4.78 is 7.20. The molecule has 0 amide bonds. The summed E-state index contributed by atoms with van der Waals surface area (Å²) in [5, 5.41) is 20.1. The topological polar surface area (TPSA) is 93.6 Å². The van der Waals surface area contributed by atoms with Gasteiger partial charge < -0.3 is 14.7 Å². The molecule has 0 saturated carbocycles. The number of aliphatic carboxylic acids is 1. The molecule has 2 aromatic carbocycles. The summed E-state index contributed by atoms with van der Waals surface area (Å²) in [5.41, 5.74) is 7.39. The summed E-state index contributed by atoms with van der Waals surface area (Å²) in [7, 11) is 0. The summed E-state index contributed by atoms with van der Waals surface area (Å²) in [5.74, 6) is 11.8. The van der Waals surface area contributed by atoms with E-state index in [4.69, 9.17) is 4.74 Å². The van der Waals surface area contributed by atoms with Crippen LogP contribution in [0.2, 0.25) is 0 Å². The number of hydrogen-bond acceptors (Lipinski definition) is 5. The summed E-state index contributed by atoms with van der Waals surface area (Å²) in [4.78, 5) is 25.0. The quantitative estimate of drug-likeness (QED) is 0.0369. The van der Waals surface area contributed by atoms with E-state index in [2.05, 4.69) is 83.6 Å². The molecule has 51 heavy (non-hydrogen) atoms. The van der Waals surface area contributed by atoms with E-state index in [1.165, 1.54) is 0 Å². The van der Waals surface area contributed by atoms with Gasteiger partial charge in [-0.15, -0.1) is 36.8 Å². The van der Waals surface area contributed by atoms with Crippen LogP contribution in [-0.4, -0.2) is 47.5 Å². The molecular weight excluding hydrogens is 635 g/mol.